The molecule has 3 heterocycles. The molecule has 1 amide bonds. The first-order valence-electron chi connectivity index (χ1n) is 10.8. The molecule has 176 valence electrons. The third kappa shape index (κ3) is 4.79. The monoisotopic (exact) mass is 478 g/mol. The van der Waals surface area contributed by atoms with Gasteiger partial charge >= 0.3 is 5.97 Å². The van der Waals surface area contributed by atoms with Crippen LogP contribution in [0.5, 0.6) is 5.75 Å². The van der Waals surface area contributed by atoms with Crippen LogP contribution in [0.1, 0.15) is 35.8 Å². The Balaban J connectivity index is 1.54. The summed E-state index contributed by atoms with van der Waals surface area (Å²) in [6, 6.07) is 13.1. The minimum Gasteiger partial charge on any atom is -0.496 e. The standard InChI is InChI=1S/C25H26N4O4S/c1-16(2)29-24-19(13-26-29)18(12-20(27-24)22-10-7-11-34-22)25(31)33-15-23(30)28(3)14-17-8-5-6-9-21(17)32-4/h5-13,16H,14-15H2,1-4H3. The second-order valence-electron chi connectivity index (χ2n) is 8.09. The number of carbonyl (C=O) groups is 2. The van der Waals surface area contributed by atoms with E-state index >= 15 is 0 Å². The summed E-state index contributed by atoms with van der Waals surface area (Å²) in [4.78, 5) is 32.9. The molecule has 0 aliphatic rings. The van der Waals surface area contributed by atoms with E-state index in [2.05, 4.69) is 5.10 Å². The number of nitrogens with zero attached hydrogens (tertiary/aromatic N) is 4. The molecule has 0 saturated carbocycles. The average molecular weight is 479 g/mol. The molecule has 9 heteroatoms. The number of ether oxygens (including phenoxy) is 2. The Kier molecular flexibility index (Phi) is 6.93. The van der Waals surface area contributed by atoms with E-state index in [0.717, 1.165) is 10.4 Å². The van der Waals surface area contributed by atoms with Crippen LogP contribution in [0.3, 0.4) is 0 Å². The number of amides is 1. The predicted octanol–water partition coefficient (Wildman–Crippen LogP) is 4.56. The van der Waals surface area contributed by atoms with Gasteiger partial charge in [-0.25, -0.2) is 14.5 Å². The number of aromatic nitrogens is 3. The molecule has 4 aromatic rings. The topological polar surface area (TPSA) is 86.5 Å². The van der Waals surface area contributed by atoms with Gasteiger partial charge in [0, 0.05) is 25.2 Å². The molecule has 8 nitrogen and oxygen atoms in total. The third-order valence-electron chi connectivity index (χ3n) is 5.40. The second-order valence-corrected chi connectivity index (χ2v) is 9.04. The van der Waals surface area contributed by atoms with Gasteiger partial charge in [0.1, 0.15) is 5.75 Å². The Morgan fingerprint density at radius 2 is 1.97 bits per heavy atom. The Morgan fingerprint density at radius 3 is 2.68 bits per heavy atom. The molecule has 0 aliphatic carbocycles. The molecule has 0 unspecified atom stereocenters. The van der Waals surface area contributed by atoms with Gasteiger partial charge < -0.3 is 14.4 Å². The van der Waals surface area contributed by atoms with Crippen molar-refractivity contribution >= 4 is 34.2 Å². The van der Waals surface area contributed by atoms with Gasteiger partial charge in [-0.15, -0.1) is 11.3 Å². The van der Waals surface area contributed by atoms with Crippen LogP contribution in [-0.2, 0) is 16.1 Å². The highest BCUT2D eigenvalue weighted by Crippen LogP contribution is 2.29. The lowest BCUT2D eigenvalue weighted by Crippen LogP contribution is -2.31. The van der Waals surface area contributed by atoms with Gasteiger partial charge in [0.15, 0.2) is 12.3 Å². The minimum absolute atomic E-state index is 0.0673. The highest BCUT2D eigenvalue weighted by Gasteiger charge is 2.21. The number of para-hydroxylation sites is 1. The first kappa shape index (κ1) is 23.4. The van der Waals surface area contributed by atoms with E-state index in [0.29, 0.717) is 34.6 Å². The number of pyridine rings is 1. The number of benzene rings is 1. The maximum absolute atomic E-state index is 13.1. The molecular weight excluding hydrogens is 452 g/mol. The summed E-state index contributed by atoms with van der Waals surface area (Å²) in [5.41, 5.74) is 2.47. The lowest BCUT2D eigenvalue weighted by atomic mass is 10.1. The van der Waals surface area contributed by atoms with Crippen molar-refractivity contribution in [2.75, 3.05) is 20.8 Å². The summed E-state index contributed by atoms with van der Waals surface area (Å²) >= 11 is 1.53. The van der Waals surface area contributed by atoms with Crippen LogP contribution in [-0.4, -0.2) is 52.3 Å². The molecule has 0 saturated heterocycles. The Bertz CT molecular complexity index is 1310. The van der Waals surface area contributed by atoms with Gasteiger partial charge in [0.25, 0.3) is 5.91 Å². The SMILES string of the molecule is COc1ccccc1CN(C)C(=O)COC(=O)c1cc(-c2cccs2)nc2c1cnn2C(C)C. The number of rotatable bonds is 8. The fourth-order valence-corrected chi connectivity index (χ4v) is 4.29. The van der Waals surface area contributed by atoms with Crippen LogP contribution >= 0.6 is 11.3 Å². The second kappa shape index (κ2) is 10.0. The maximum atomic E-state index is 13.1. The zero-order valence-corrected chi connectivity index (χ0v) is 20.3. The van der Waals surface area contributed by atoms with Crippen molar-refractivity contribution < 1.29 is 19.1 Å². The lowest BCUT2D eigenvalue weighted by Gasteiger charge is -2.19. The zero-order valence-electron chi connectivity index (χ0n) is 19.5. The van der Waals surface area contributed by atoms with Crippen molar-refractivity contribution in [3.8, 4) is 16.3 Å². The van der Waals surface area contributed by atoms with Gasteiger partial charge in [0.2, 0.25) is 0 Å². The molecule has 0 radical (unpaired) electrons. The van der Waals surface area contributed by atoms with Gasteiger partial charge in [-0.1, -0.05) is 24.3 Å². The van der Waals surface area contributed by atoms with E-state index in [-0.39, 0.29) is 18.6 Å². The highest BCUT2D eigenvalue weighted by molar-refractivity contribution is 7.13. The number of carbonyl (C=O) groups excluding carboxylic acids is 2. The molecular formula is C25H26N4O4S. The van der Waals surface area contributed by atoms with Crippen LogP contribution in [0.4, 0.5) is 0 Å². The van der Waals surface area contributed by atoms with E-state index in [1.54, 1.807) is 31.1 Å². The number of hydrogen-bond donors (Lipinski definition) is 0. The Labute approximate surface area is 201 Å². The highest BCUT2D eigenvalue weighted by atomic mass is 32.1. The first-order valence-corrected chi connectivity index (χ1v) is 11.7. The number of thiophene rings is 1. The van der Waals surface area contributed by atoms with Crippen molar-refractivity contribution in [1.29, 1.82) is 0 Å². The maximum Gasteiger partial charge on any atom is 0.339 e. The molecule has 4 rings (SSSR count). The van der Waals surface area contributed by atoms with Crippen LogP contribution in [0.2, 0.25) is 0 Å². The normalized spacial score (nSPS) is 11.1. The number of likely N-dealkylation sites (N-methyl/N-ethyl adjacent to an activating group) is 1. The molecule has 1 aromatic carbocycles. The molecule has 3 aromatic heterocycles. The molecule has 34 heavy (non-hydrogen) atoms. The molecule has 0 atom stereocenters. The van der Waals surface area contributed by atoms with E-state index in [1.165, 1.54) is 16.2 Å². The fourth-order valence-electron chi connectivity index (χ4n) is 3.61. The molecule has 0 N–H and O–H groups in total. The van der Waals surface area contributed by atoms with Crippen molar-refractivity contribution in [2.45, 2.75) is 26.4 Å². The van der Waals surface area contributed by atoms with Crippen LogP contribution in [0.15, 0.2) is 54.0 Å². The summed E-state index contributed by atoms with van der Waals surface area (Å²) < 4.78 is 12.6. The van der Waals surface area contributed by atoms with Crippen molar-refractivity contribution in [2.24, 2.45) is 0 Å². The Morgan fingerprint density at radius 1 is 1.18 bits per heavy atom. The average Bonchev–Trinajstić information content (AvgIpc) is 3.52. The summed E-state index contributed by atoms with van der Waals surface area (Å²) in [6.07, 6.45) is 1.62. The van der Waals surface area contributed by atoms with E-state index < -0.39 is 5.97 Å². The minimum atomic E-state index is -0.590. The summed E-state index contributed by atoms with van der Waals surface area (Å²) in [5, 5.41) is 6.95. The number of fused-ring (bicyclic) bond motifs is 1. The lowest BCUT2D eigenvalue weighted by molar-refractivity contribution is -0.133. The molecule has 0 spiro atoms. The quantitative estimate of drug-likeness (QED) is 0.345. The predicted molar refractivity (Wildman–Crippen MR) is 131 cm³/mol. The van der Waals surface area contributed by atoms with Crippen LogP contribution in [0, 0.1) is 0 Å². The first-order chi connectivity index (χ1) is 16.4. The molecule has 0 fully saturated rings. The zero-order chi connectivity index (χ0) is 24.2. The third-order valence-corrected chi connectivity index (χ3v) is 6.29. The van der Waals surface area contributed by atoms with Gasteiger partial charge in [-0.05, 0) is 37.4 Å². The number of hydrogen-bond acceptors (Lipinski definition) is 7. The largest absolute Gasteiger partial charge is 0.496 e. The molecule has 0 aliphatic heterocycles. The van der Waals surface area contributed by atoms with Crippen molar-refractivity contribution in [1.82, 2.24) is 19.7 Å². The van der Waals surface area contributed by atoms with Crippen molar-refractivity contribution in [3.05, 3.63) is 65.2 Å². The Hall–Kier alpha value is -3.72. The van der Waals surface area contributed by atoms with Crippen LogP contribution < -0.4 is 4.74 Å². The number of esters is 1. The van der Waals surface area contributed by atoms with Crippen molar-refractivity contribution in [3.63, 3.8) is 0 Å². The van der Waals surface area contributed by atoms with E-state index in [9.17, 15) is 9.59 Å². The van der Waals surface area contributed by atoms with Gasteiger partial charge in [0.05, 0.1) is 34.8 Å². The smallest absolute Gasteiger partial charge is 0.339 e. The summed E-state index contributed by atoms with van der Waals surface area (Å²) in [5.74, 6) is -0.213. The summed E-state index contributed by atoms with van der Waals surface area (Å²) in [7, 11) is 3.25. The van der Waals surface area contributed by atoms with Gasteiger partial charge in [-0.3, -0.25) is 4.79 Å². The van der Waals surface area contributed by atoms with E-state index in [4.69, 9.17) is 14.5 Å². The fraction of sp³-hybridized carbons (Fsp3) is 0.280. The number of methoxy groups -OCH3 is 1. The van der Waals surface area contributed by atoms with Gasteiger partial charge in [-0.2, -0.15) is 5.10 Å². The summed E-state index contributed by atoms with van der Waals surface area (Å²) in [6.45, 7) is 3.96. The van der Waals surface area contributed by atoms with Crippen LogP contribution in [0.25, 0.3) is 21.6 Å². The van der Waals surface area contributed by atoms with E-state index in [1.807, 2.05) is 55.6 Å². The molecule has 0 bridgehead atoms.